The zero-order valence-electron chi connectivity index (χ0n) is 19.4. The highest BCUT2D eigenvalue weighted by Crippen LogP contribution is 2.34. The van der Waals surface area contributed by atoms with Gasteiger partial charge in [0.2, 0.25) is 0 Å². The second-order valence-electron chi connectivity index (χ2n) is 8.75. The van der Waals surface area contributed by atoms with Crippen molar-refractivity contribution < 1.29 is 13.2 Å². The van der Waals surface area contributed by atoms with Crippen LogP contribution in [0.3, 0.4) is 0 Å². The largest absolute Gasteiger partial charge is 0.366 e. The van der Waals surface area contributed by atoms with Gasteiger partial charge in [0.15, 0.2) is 0 Å². The SMILES string of the molecule is C=C(CCc1ccc(F)cc1)N1CCn2c(nc(-c3ccc(F)cc3)c2Nc2ccc(Cl)c(F)c2)C1. The van der Waals surface area contributed by atoms with Crippen LogP contribution in [0.2, 0.25) is 5.02 Å². The number of nitrogens with one attached hydrogen (secondary N) is 1. The molecule has 184 valence electrons. The van der Waals surface area contributed by atoms with Crippen LogP contribution in [0.25, 0.3) is 11.3 Å². The molecule has 8 heteroatoms. The number of aromatic nitrogens is 2. The number of anilines is 2. The van der Waals surface area contributed by atoms with E-state index in [1.807, 2.05) is 0 Å². The number of aryl methyl sites for hydroxylation is 1. The molecule has 1 aromatic heterocycles. The van der Waals surface area contributed by atoms with Gasteiger partial charge in [-0.15, -0.1) is 0 Å². The molecule has 0 amide bonds. The van der Waals surface area contributed by atoms with Gasteiger partial charge in [-0.05, 0) is 73.0 Å². The monoisotopic (exact) mass is 508 g/mol. The quantitative estimate of drug-likeness (QED) is 0.284. The summed E-state index contributed by atoms with van der Waals surface area (Å²) < 4.78 is 42.9. The third-order valence-electron chi connectivity index (χ3n) is 6.34. The predicted molar refractivity (Wildman–Crippen MR) is 137 cm³/mol. The molecule has 0 fully saturated rings. The van der Waals surface area contributed by atoms with Crippen molar-refractivity contribution in [2.45, 2.75) is 25.9 Å². The maximum Gasteiger partial charge on any atom is 0.143 e. The van der Waals surface area contributed by atoms with Crippen LogP contribution in [0.4, 0.5) is 24.7 Å². The van der Waals surface area contributed by atoms with Crippen molar-refractivity contribution in [2.24, 2.45) is 0 Å². The second kappa shape index (κ2) is 10.1. The molecule has 1 N–H and O–H groups in total. The summed E-state index contributed by atoms with van der Waals surface area (Å²) >= 11 is 5.85. The van der Waals surface area contributed by atoms with Crippen LogP contribution < -0.4 is 5.32 Å². The molecule has 3 aromatic carbocycles. The van der Waals surface area contributed by atoms with Crippen LogP contribution in [-0.4, -0.2) is 21.0 Å². The number of allylic oxidation sites excluding steroid dienone is 1. The summed E-state index contributed by atoms with van der Waals surface area (Å²) in [5.74, 6) is 0.422. The first kappa shape index (κ1) is 24.0. The molecule has 0 bridgehead atoms. The minimum absolute atomic E-state index is 0.0458. The third kappa shape index (κ3) is 5.11. The third-order valence-corrected chi connectivity index (χ3v) is 6.64. The number of fused-ring (bicyclic) bond motifs is 1. The average Bonchev–Trinajstić information content (AvgIpc) is 3.23. The van der Waals surface area contributed by atoms with Gasteiger partial charge < -0.3 is 14.8 Å². The van der Waals surface area contributed by atoms with Crippen LogP contribution in [-0.2, 0) is 19.5 Å². The molecular formula is C28H24ClF3N4. The smallest absolute Gasteiger partial charge is 0.143 e. The van der Waals surface area contributed by atoms with E-state index in [1.165, 1.54) is 36.4 Å². The highest BCUT2D eigenvalue weighted by molar-refractivity contribution is 6.30. The number of nitrogens with zero attached hydrogens (tertiary/aromatic N) is 3. The minimum atomic E-state index is -0.521. The lowest BCUT2D eigenvalue weighted by molar-refractivity contribution is 0.267. The highest BCUT2D eigenvalue weighted by Gasteiger charge is 2.25. The van der Waals surface area contributed by atoms with Crippen LogP contribution in [0.15, 0.2) is 79.0 Å². The van der Waals surface area contributed by atoms with Gasteiger partial charge in [0.1, 0.15) is 34.8 Å². The second-order valence-corrected chi connectivity index (χ2v) is 9.16. The molecule has 2 heterocycles. The Balaban J connectivity index is 1.40. The summed E-state index contributed by atoms with van der Waals surface area (Å²) in [7, 11) is 0. The van der Waals surface area contributed by atoms with E-state index in [-0.39, 0.29) is 16.7 Å². The molecule has 1 aliphatic heterocycles. The summed E-state index contributed by atoms with van der Waals surface area (Å²) in [5.41, 5.74) is 3.97. The van der Waals surface area contributed by atoms with Gasteiger partial charge >= 0.3 is 0 Å². The fourth-order valence-electron chi connectivity index (χ4n) is 4.35. The summed E-state index contributed by atoms with van der Waals surface area (Å²) in [6, 6.07) is 17.2. The van der Waals surface area contributed by atoms with E-state index >= 15 is 0 Å². The Hall–Kier alpha value is -3.71. The van der Waals surface area contributed by atoms with Gasteiger partial charge in [-0.1, -0.05) is 30.3 Å². The average molecular weight is 509 g/mol. The van der Waals surface area contributed by atoms with E-state index in [2.05, 4.69) is 21.4 Å². The van der Waals surface area contributed by atoms with E-state index < -0.39 is 5.82 Å². The first-order valence-corrected chi connectivity index (χ1v) is 12.0. The Kier molecular flexibility index (Phi) is 6.74. The molecule has 1 aliphatic rings. The Bertz CT molecular complexity index is 1400. The molecule has 5 rings (SSSR count). The Morgan fingerprint density at radius 1 is 0.944 bits per heavy atom. The lowest BCUT2D eigenvalue weighted by Crippen LogP contribution is -2.33. The zero-order chi connectivity index (χ0) is 25.2. The molecule has 0 spiro atoms. The van der Waals surface area contributed by atoms with Gasteiger partial charge in [0, 0.05) is 30.0 Å². The fourth-order valence-corrected chi connectivity index (χ4v) is 4.46. The fraction of sp³-hybridized carbons (Fsp3) is 0.179. The zero-order valence-corrected chi connectivity index (χ0v) is 20.2. The van der Waals surface area contributed by atoms with E-state index in [0.29, 0.717) is 30.3 Å². The normalized spacial score (nSPS) is 12.9. The van der Waals surface area contributed by atoms with Crippen molar-refractivity contribution in [2.75, 3.05) is 11.9 Å². The number of imidazole rings is 1. The topological polar surface area (TPSA) is 33.1 Å². The van der Waals surface area contributed by atoms with Gasteiger partial charge in [-0.3, -0.25) is 0 Å². The Labute approximate surface area is 212 Å². The summed E-state index contributed by atoms with van der Waals surface area (Å²) in [6.07, 6.45) is 1.51. The lowest BCUT2D eigenvalue weighted by Gasteiger charge is -2.32. The molecular weight excluding hydrogens is 485 g/mol. The number of hydrogen-bond donors (Lipinski definition) is 1. The van der Waals surface area contributed by atoms with Crippen molar-refractivity contribution in [3.63, 3.8) is 0 Å². The molecule has 36 heavy (non-hydrogen) atoms. The molecule has 0 atom stereocenters. The van der Waals surface area contributed by atoms with Crippen molar-refractivity contribution in [3.05, 3.63) is 113 Å². The van der Waals surface area contributed by atoms with Gasteiger partial charge in [0.05, 0.1) is 11.6 Å². The van der Waals surface area contributed by atoms with Gasteiger partial charge in [0.25, 0.3) is 0 Å². The Morgan fingerprint density at radius 3 is 2.33 bits per heavy atom. The molecule has 0 saturated carbocycles. The molecule has 4 aromatic rings. The number of benzene rings is 3. The van der Waals surface area contributed by atoms with E-state index in [4.69, 9.17) is 16.6 Å². The molecule has 0 aliphatic carbocycles. The van der Waals surface area contributed by atoms with Crippen molar-refractivity contribution in [1.82, 2.24) is 14.5 Å². The first-order chi connectivity index (χ1) is 17.4. The number of rotatable bonds is 7. The van der Waals surface area contributed by atoms with Crippen molar-refractivity contribution in [3.8, 4) is 11.3 Å². The molecule has 0 radical (unpaired) electrons. The van der Waals surface area contributed by atoms with Gasteiger partial charge in [-0.25, -0.2) is 18.2 Å². The summed E-state index contributed by atoms with van der Waals surface area (Å²) in [5, 5.41) is 3.34. The van der Waals surface area contributed by atoms with Crippen molar-refractivity contribution >= 4 is 23.1 Å². The molecule has 0 unspecified atom stereocenters. The van der Waals surface area contributed by atoms with Crippen LogP contribution in [0.5, 0.6) is 0 Å². The van der Waals surface area contributed by atoms with E-state index in [0.717, 1.165) is 42.0 Å². The van der Waals surface area contributed by atoms with E-state index in [9.17, 15) is 13.2 Å². The highest BCUT2D eigenvalue weighted by atomic mass is 35.5. The lowest BCUT2D eigenvalue weighted by atomic mass is 10.1. The predicted octanol–water partition coefficient (Wildman–Crippen LogP) is 7.33. The summed E-state index contributed by atoms with van der Waals surface area (Å²) in [6.45, 7) is 6.18. The van der Waals surface area contributed by atoms with E-state index in [1.54, 1.807) is 30.3 Å². The van der Waals surface area contributed by atoms with Crippen LogP contribution in [0.1, 0.15) is 17.8 Å². The number of halogens is 4. The maximum absolute atomic E-state index is 14.1. The van der Waals surface area contributed by atoms with Crippen molar-refractivity contribution in [1.29, 1.82) is 0 Å². The first-order valence-electron chi connectivity index (χ1n) is 11.6. The maximum atomic E-state index is 14.1. The van der Waals surface area contributed by atoms with Gasteiger partial charge in [-0.2, -0.15) is 0 Å². The summed E-state index contributed by atoms with van der Waals surface area (Å²) in [4.78, 5) is 7.07. The Morgan fingerprint density at radius 2 is 1.64 bits per heavy atom. The standard InChI is InChI=1S/C28H24ClF3N4/c1-18(2-3-19-4-8-21(30)9-5-19)35-14-15-36-26(17-35)34-27(20-6-10-22(31)11-7-20)28(36)33-23-12-13-24(29)25(32)16-23/h4-13,16,33H,1-3,14-15,17H2. The molecule has 4 nitrogen and oxygen atoms in total. The minimum Gasteiger partial charge on any atom is -0.366 e. The number of hydrogen-bond acceptors (Lipinski definition) is 3. The molecule has 0 saturated heterocycles. The van der Waals surface area contributed by atoms with Crippen LogP contribution in [0, 0.1) is 17.5 Å². The van der Waals surface area contributed by atoms with Crippen LogP contribution >= 0.6 is 11.6 Å².